The van der Waals surface area contributed by atoms with E-state index in [-0.39, 0.29) is 24.6 Å². The Labute approximate surface area is 126 Å². The van der Waals surface area contributed by atoms with Crippen molar-refractivity contribution in [2.45, 2.75) is 51.6 Å². The van der Waals surface area contributed by atoms with Crippen LogP contribution in [-0.4, -0.2) is 51.4 Å². The van der Waals surface area contributed by atoms with Crippen LogP contribution in [0.3, 0.4) is 0 Å². The number of amides is 1. The summed E-state index contributed by atoms with van der Waals surface area (Å²) in [7, 11) is 0. The summed E-state index contributed by atoms with van der Waals surface area (Å²) in [5.74, 6) is 0.683. The van der Waals surface area contributed by atoms with Crippen molar-refractivity contribution < 1.29 is 9.90 Å². The number of aliphatic hydroxyl groups is 1. The van der Waals surface area contributed by atoms with Crippen LogP contribution in [0.1, 0.15) is 45.6 Å². The number of nitrogens with zero attached hydrogens (tertiary/aromatic N) is 3. The van der Waals surface area contributed by atoms with Crippen LogP contribution in [0.4, 0.5) is 5.82 Å². The molecule has 0 aliphatic carbocycles. The lowest BCUT2D eigenvalue weighted by Gasteiger charge is -2.27. The predicted octanol–water partition coefficient (Wildman–Crippen LogP) is 1.64. The first-order valence-electron chi connectivity index (χ1n) is 7.80. The maximum atomic E-state index is 12.3. The first kappa shape index (κ1) is 16.0. The predicted molar refractivity (Wildman–Crippen MR) is 82.2 cm³/mol. The molecular weight excluding hydrogens is 268 g/mol. The third-order valence-electron chi connectivity index (χ3n) is 3.98. The minimum Gasteiger partial charge on any atom is -0.395 e. The van der Waals surface area contributed by atoms with Crippen molar-refractivity contribution in [1.82, 2.24) is 14.7 Å². The molecule has 1 aromatic heterocycles. The van der Waals surface area contributed by atoms with E-state index in [4.69, 9.17) is 0 Å². The lowest BCUT2D eigenvalue weighted by atomic mass is 10.1. The van der Waals surface area contributed by atoms with Crippen molar-refractivity contribution in [3.8, 4) is 0 Å². The van der Waals surface area contributed by atoms with E-state index in [9.17, 15) is 9.90 Å². The monoisotopic (exact) mass is 294 g/mol. The highest BCUT2D eigenvalue weighted by Crippen LogP contribution is 2.17. The Kier molecular flexibility index (Phi) is 5.76. The topological polar surface area (TPSA) is 70.4 Å². The molecule has 0 bridgehead atoms. The Morgan fingerprint density at radius 2 is 2.29 bits per heavy atom. The number of nitrogens with one attached hydrogen (secondary N) is 1. The van der Waals surface area contributed by atoms with Gasteiger partial charge in [0, 0.05) is 18.2 Å². The third kappa shape index (κ3) is 4.28. The van der Waals surface area contributed by atoms with Gasteiger partial charge in [0.25, 0.3) is 0 Å². The molecule has 0 radical (unpaired) electrons. The van der Waals surface area contributed by atoms with Crippen LogP contribution in [0.5, 0.6) is 0 Å². The molecule has 0 saturated carbocycles. The highest BCUT2D eigenvalue weighted by atomic mass is 16.3. The Morgan fingerprint density at radius 3 is 3.00 bits per heavy atom. The van der Waals surface area contributed by atoms with Gasteiger partial charge in [-0.15, -0.1) is 0 Å². The number of aromatic nitrogens is 2. The summed E-state index contributed by atoms with van der Waals surface area (Å²) in [6.07, 6.45) is 6.05. The smallest absolute Gasteiger partial charge is 0.239 e. The zero-order chi connectivity index (χ0) is 15.2. The van der Waals surface area contributed by atoms with Crippen molar-refractivity contribution >= 4 is 11.7 Å². The summed E-state index contributed by atoms with van der Waals surface area (Å²) in [5, 5.41) is 16.6. The number of aliphatic hydroxyl groups excluding tert-OH is 1. The Morgan fingerprint density at radius 1 is 1.48 bits per heavy atom. The lowest BCUT2D eigenvalue weighted by molar-refractivity contribution is -0.118. The van der Waals surface area contributed by atoms with E-state index in [0.717, 1.165) is 31.6 Å². The zero-order valence-corrected chi connectivity index (χ0v) is 13.0. The van der Waals surface area contributed by atoms with Crippen LogP contribution in [0.2, 0.25) is 0 Å². The average molecular weight is 294 g/mol. The van der Waals surface area contributed by atoms with Crippen LogP contribution in [-0.2, 0) is 4.79 Å². The molecule has 21 heavy (non-hydrogen) atoms. The molecule has 0 spiro atoms. The summed E-state index contributed by atoms with van der Waals surface area (Å²) in [6.45, 7) is 5.38. The van der Waals surface area contributed by atoms with Gasteiger partial charge in [-0.05, 0) is 33.2 Å². The first-order chi connectivity index (χ1) is 10.1. The van der Waals surface area contributed by atoms with E-state index in [0.29, 0.717) is 6.54 Å². The fraction of sp³-hybridized carbons (Fsp3) is 0.733. The molecular formula is C15H26N4O2. The number of anilines is 1. The van der Waals surface area contributed by atoms with Gasteiger partial charge in [-0.3, -0.25) is 9.69 Å². The summed E-state index contributed by atoms with van der Waals surface area (Å²) < 4.78 is 1.80. The van der Waals surface area contributed by atoms with Crippen LogP contribution < -0.4 is 5.32 Å². The molecule has 1 amide bonds. The lowest BCUT2D eigenvalue weighted by Crippen LogP contribution is -2.42. The van der Waals surface area contributed by atoms with Crippen molar-refractivity contribution in [2.24, 2.45) is 0 Å². The molecule has 1 atom stereocenters. The Balaban J connectivity index is 1.95. The second kappa shape index (κ2) is 7.56. The van der Waals surface area contributed by atoms with Gasteiger partial charge >= 0.3 is 0 Å². The molecule has 2 rings (SSSR count). The first-order valence-corrected chi connectivity index (χ1v) is 7.80. The summed E-state index contributed by atoms with van der Waals surface area (Å²) in [5.41, 5.74) is 0. The quantitative estimate of drug-likeness (QED) is 0.866. The van der Waals surface area contributed by atoms with E-state index in [1.807, 2.05) is 19.9 Å². The van der Waals surface area contributed by atoms with Gasteiger partial charge in [-0.2, -0.15) is 5.10 Å². The van der Waals surface area contributed by atoms with E-state index in [1.54, 1.807) is 10.9 Å². The minimum absolute atomic E-state index is 0.0438. The number of likely N-dealkylation sites (tertiary alicyclic amines) is 1. The van der Waals surface area contributed by atoms with Crippen molar-refractivity contribution in [3.63, 3.8) is 0 Å². The van der Waals surface area contributed by atoms with E-state index in [2.05, 4.69) is 15.3 Å². The molecule has 6 nitrogen and oxygen atoms in total. The number of hydrogen-bond donors (Lipinski definition) is 2. The Hall–Kier alpha value is -1.40. The van der Waals surface area contributed by atoms with Gasteiger partial charge < -0.3 is 10.4 Å². The largest absolute Gasteiger partial charge is 0.395 e. The molecule has 1 fully saturated rings. The van der Waals surface area contributed by atoms with Crippen LogP contribution in [0.15, 0.2) is 12.3 Å². The maximum absolute atomic E-state index is 12.3. The highest BCUT2D eigenvalue weighted by molar-refractivity contribution is 5.91. The molecule has 1 unspecified atom stereocenters. The van der Waals surface area contributed by atoms with Crippen LogP contribution in [0, 0.1) is 0 Å². The number of rotatable bonds is 5. The SMILES string of the molecule is CC(C)n1nccc1NC(=O)CN1CCCCCC1CO. The zero-order valence-electron chi connectivity index (χ0n) is 13.0. The minimum atomic E-state index is -0.0438. The molecule has 1 saturated heterocycles. The molecule has 118 valence electrons. The Bertz CT molecular complexity index is 458. The highest BCUT2D eigenvalue weighted by Gasteiger charge is 2.22. The van der Waals surface area contributed by atoms with Crippen molar-refractivity contribution in [2.75, 3.05) is 25.0 Å². The maximum Gasteiger partial charge on any atom is 0.239 e. The second-order valence-electron chi connectivity index (χ2n) is 5.96. The number of hydrogen-bond acceptors (Lipinski definition) is 4. The van der Waals surface area contributed by atoms with Gasteiger partial charge in [0.1, 0.15) is 5.82 Å². The van der Waals surface area contributed by atoms with E-state index < -0.39 is 0 Å². The van der Waals surface area contributed by atoms with Crippen molar-refractivity contribution in [1.29, 1.82) is 0 Å². The fourth-order valence-corrected chi connectivity index (χ4v) is 2.84. The fourth-order valence-electron chi connectivity index (χ4n) is 2.84. The molecule has 1 aromatic rings. The normalized spacial score (nSPS) is 20.5. The van der Waals surface area contributed by atoms with Gasteiger partial charge in [0.2, 0.25) is 5.91 Å². The number of carbonyl (C=O) groups is 1. The van der Waals surface area contributed by atoms with Gasteiger partial charge in [0.15, 0.2) is 0 Å². The van der Waals surface area contributed by atoms with E-state index in [1.165, 1.54) is 6.42 Å². The molecule has 6 heteroatoms. The summed E-state index contributed by atoms with van der Waals surface area (Å²) in [6, 6.07) is 2.12. The van der Waals surface area contributed by atoms with Gasteiger partial charge in [0.05, 0.1) is 19.3 Å². The molecule has 1 aliphatic rings. The molecule has 1 aliphatic heterocycles. The average Bonchev–Trinajstić information content (AvgIpc) is 2.78. The van der Waals surface area contributed by atoms with Gasteiger partial charge in [-0.25, -0.2) is 4.68 Å². The second-order valence-corrected chi connectivity index (χ2v) is 5.96. The molecule has 2 N–H and O–H groups in total. The molecule has 0 aromatic carbocycles. The third-order valence-corrected chi connectivity index (χ3v) is 3.98. The van der Waals surface area contributed by atoms with Gasteiger partial charge in [-0.1, -0.05) is 12.8 Å². The number of carbonyl (C=O) groups excluding carboxylic acids is 1. The van der Waals surface area contributed by atoms with Crippen molar-refractivity contribution in [3.05, 3.63) is 12.3 Å². The van der Waals surface area contributed by atoms with Crippen LogP contribution in [0.25, 0.3) is 0 Å². The standard InChI is InChI=1S/C15H26N4O2/c1-12(2)19-14(7-8-16-19)17-15(21)10-18-9-5-3-4-6-13(18)11-20/h7-8,12-13,20H,3-6,9-11H2,1-2H3,(H,17,21). The van der Waals surface area contributed by atoms with Crippen LogP contribution >= 0.6 is 0 Å². The summed E-state index contributed by atoms with van der Waals surface area (Å²) in [4.78, 5) is 14.3. The summed E-state index contributed by atoms with van der Waals surface area (Å²) >= 11 is 0. The van der Waals surface area contributed by atoms with E-state index >= 15 is 0 Å². The molecule has 2 heterocycles.